The Morgan fingerprint density at radius 1 is 1.38 bits per heavy atom. The molecule has 0 unspecified atom stereocenters. The van der Waals surface area contributed by atoms with Crippen molar-refractivity contribution in [1.82, 2.24) is 0 Å². The zero-order valence-electron chi connectivity index (χ0n) is 7.20. The molecule has 2 heteroatoms. The van der Waals surface area contributed by atoms with Crippen LogP contribution in [-0.2, 0) is 0 Å². The normalized spacial score (nSPS) is 10.2. The molecule has 0 radical (unpaired) electrons. The highest BCUT2D eigenvalue weighted by atomic mass is 16.3. The zero-order chi connectivity index (χ0) is 9.68. The van der Waals surface area contributed by atoms with E-state index < -0.39 is 0 Å². The third kappa shape index (κ3) is 2.30. The van der Waals surface area contributed by atoms with E-state index in [1.165, 1.54) is 6.21 Å². The van der Waals surface area contributed by atoms with Gasteiger partial charge in [-0.05, 0) is 17.7 Å². The van der Waals surface area contributed by atoms with Gasteiger partial charge in [-0.3, -0.25) is 0 Å². The molecule has 1 rings (SSSR count). The highest BCUT2D eigenvalue weighted by molar-refractivity contribution is 5.80. The number of para-hydroxylation sites is 1. The van der Waals surface area contributed by atoms with Gasteiger partial charge in [0.15, 0.2) is 0 Å². The lowest BCUT2D eigenvalue weighted by Crippen LogP contribution is -1.79. The van der Waals surface area contributed by atoms with Crippen LogP contribution in [-0.4, -0.2) is 11.3 Å². The number of aromatic hydroxyl groups is 1. The van der Waals surface area contributed by atoms with E-state index in [4.69, 9.17) is 5.41 Å². The number of phenolic OH excluding ortho intramolecular Hbond substituents is 1. The predicted molar refractivity (Wildman–Crippen MR) is 55.1 cm³/mol. The van der Waals surface area contributed by atoms with Crippen molar-refractivity contribution in [2.24, 2.45) is 0 Å². The first-order valence-corrected chi connectivity index (χ1v) is 3.90. The number of phenols is 1. The molecule has 0 aliphatic carbocycles. The summed E-state index contributed by atoms with van der Waals surface area (Å²) >= 11 is 0. The van der Waals surface area contributed by atoms with Gasteiger partial charge in [0.2, 0.25) is 0 Å². The second kappa shape index (κ2) is 4.26. The van der Waals surface area contributed by atoms with Crippen LogP contribution in [0.15, 0.2) is 43.0 Å². The van der Waals surface area contributed by atoms with Crippen molar-refractivity contribution in [2.45, 2.75) is 0 Å². The fourth-order valence-corrected chi connectivity index (χ4v) is 0.999. The van der Waals surface area contributed by atoms with E-state index in [1.807, 2.05) is 6.07 Å². The van der Waals surface area contributed by atoms with Crippen molar-refractivity contribution in [1.29, 1.82) is 5.41 Å². The van der Waals surface area contributed by atoms with Crippen LogP contribution in [0.2, 0.25) is 0 Å². The van der Waals surface area contributed by atoms with Crippen LogP contribution in [0.5, 0.6) is 5.75 Å². The molecular weight excluding hydrogens is 162 g/mol. The minimum atomic E-state index is 0.210. The second-order valence-corrected chi connectivity index (χ2v) is 2.57. The smallest absolute Gasteiger partial charge is 0.123 e. The summed E-state index contributed by atoms with van der Waals surface area (Å²) in [6, 6.07) is 6.98. The lowest BCUT2D eigenvalue weighted by molar-refractivity contribution is 0.474. The molecule has 1 aromatic carbocycles. The summed E-state index contributed by atoms with van der Waals surface area (Å²) < 4.78 is 0. The van der Waals surface area contributed by atoms with Gasteiger partial charge in [-0.1, -0.05) is 30.9 Å². The van der Waals surface area contributed by atoms with Gasteiger partial charge in [-0.15, -0.1) is 0 Å². The van der Waals surface area contributed by atoms with E-state index in [-0.39, 0.29) is 5.75 Å². The van der Waals surface area contributed by atoms with Crippen molar-refractivity contribution in [3.05, 3.63) is 48.6 Å². The number of benzene rings is 1. The van der Waals surface area contributed by atoms with E-state index in [1.54, 1.807) is 30.4 Å². The van der Waals surface area contributed by atoms with Crippen molar-refractivity contribution >= 4 is 11.8 Å². The fourth-order valence-electron chi connectivity index (χ4n) is 0.999. The molecule has 0 aromatic heterocycles. The Morgan fingerprint density at radius 3 is 2.69 bits per heavy atom. The highest BCUT2D eigenvalue weighted by Crippen LogP contribution is 2.23. The predicted octanol–water partition coefficient (Wildman–Crippen LogP) is 2.61. The van der Waals surface area contributed by atoms with Crippen molar-refractivity contribution in [3.8, 4) is 5.75 Å². The van der Waals surface area contributed by atoms with Gasteiger partial charge in [-0.2, -0.15) is 0 Å². The molecule has 0 aliphatic rings. The van der Waals surface area contributed by atoms with Crippen LogP contribution in [0.3, 0.4) is 0 Å². The Bertz CT molecular complexity index is 353. The lowest BCUT2D eigenvalue weighted by atomic mass is 10.1. The summed E-state index contributed by atoms with van der Waals surface area (Å²) in [5.41, 5.74) is 1.39. The molecule has 0 aliphatic heterocycles. The van der Waals surface area contributed by atoms with Gasteiger partial charge < -0.3 is 10.5 Å². The molecule has 0 spiro atoms. The molecule has 1 aromatic rings. The maximum absolute atomic E-state index is 9.43. The third-order valence-electron chi connectivity index (χ3n) is 1.64. The van der Waals surface area contributed by atoms with Crippen molar-refractivity contribution in [2.75, 3.05) is 0 Å². The molecule has 13 heavy (non-hydrogen) atoms. The topological polar surface area (TPSA) is 44.1 Å². The Morgan fingerprint density at radius 2 is 2.08 bits per heavy atom. The molecule has 66 valence electrons. The maximum Gasteiger partial charge on any atom is 0.123 e. The molecule has 0 heterocycles. The Kier molecular flexibility index (Phi) is 3.03. The van der Waals surface area contributed by atoms with Crippen LogP contribution in [0.4, 0.5) is 0 Å². The van der Waals surface area contributed by atoms with Crippen LogP contribution < -0.4 is 0 Å². The molecular formula is C11H11NO. The standard InChI is InChI=1S/C11H11NO/c1-9(5-4-8-12)10-6-2-3-7-11(10)13/h2-8,12-13H,1H2/b5-4+,12-8?. The Hall–Kier alpha value is -1.83. The summed E-state index contributed by atoms with van der Waals surface area (Å²) in [7, 11) is 0. The van der Waals surface area contributed by atoms with Crippen molar-refractivity contribution < 1.29 is 5.11 Å². The first-order chi connectivity index (χ1) is 6.25. The minimum absolute atomic E-state index is 0.210. The van der Waals surface area contributed by atoms with Gasteiger partial charge in [-0.25, -0.2) is 0 Å². The van der Waals surface area contributed by atoms with Crippen LogP contribution >= 0.6 is 0 Å². The number of hydrogen-bond donors (Lipinski definition) is 2. The summed E-state index contributed by atoms with van der Waals surface area (Å²) in [5.74, 6) is 0.210. The highest BCUT2D eigenvalue weighted by Gasteiger charge is 1.99. The molecule has 0 amide bonds. The number of rotatable bonds is 3. The molecule has 2 nitrogen and oxygen atoms in total. The summed E-state index contributed by atoms with van der Waals surface area (Å²) in [6.07, 6.45) is 4.42. The van der Waals surface area contributed by atoms with E-state index in [0.717, 1.165) is 0 Å². The maximum atomic E-state index is 9.43. The van der Waals surface area contributed by atoms with Crippen molar-refractivity contribution in [3.63, 3.8) is 0 Å². The molecule has 0 fully saturated rings. The molecule has 0 atom stereocenters. The van der Waals surface area contributed by atoms with E-state index in [2.05, 4.69) is 6.58 Å². The van der Waals surface area contributed by atoms with E-state index in [0.29, 0.717) is 11.1 Å². The molecule has 0 saturated heterocycles. The quantitative estimate of drug-likeness (QED) is 0.535. The monoisotopic (exact) mass is 173 g/mol. The zero-order valence-corrected chi connectivity index (χ0v) is 7.20. The largest absolute Gasteiger partial charge is 0.507 e. The number of hydrogen-bond acceptors (Lipinski definition) is 2. The average molecular weight is 173 g/mol. The summed E-state index contributed by atoms with van der Waals surface area (Å²) in [6.45, 7) is 3.77. The van der Waals surface area contributed by atoms with Crippen LogP contribution in [0, 0.1) is 5.41 Å². The number of nitrogens with one attached hydrogen (secondary N) is 1. The van der Waals surface area contributed by atoms with Gasteiger partial charge in [0.05, 0.1) is 0 Å². The number of allylic oxidation sites excluding steroid dienone is 3. The fraction of sp³-hybridized carbons (Fsp3) is 0. The molecule has 0 saturated carbocycles. The molecule has 0 bridgehead atoms. The van der Waals surface area contributed by atoms with Crippen LogP contribution in [0.25, 0.3) is 5.57 Å². The van der Waals surface area contributed by atoms with Crippen LogP contribution in [0.1, 0.15) is 5.56 Å². The summed E-state index contributed by atoms with van der Waals surface area (Å²) in [5, 5.41) is 16.2. The Balaban J connectivity index is 2.95. The lowest BCUT2D eigenvalue weighted by Gasteiger charge is -2.02. The summed E-state index contributed by atoms with van der Waals surface area (Å²) in [4.78, 5) is 0. The third-order valence-corrected chi connectivity index (χ3v) is 1.64. The molecule has 2 N–H and O–H groups in total. The Labute approximate surface area is 77.4 Å². The minimum Gasteiger partial charge on any atom is -0.507 e. The SMILES string of the molecule is C=C(/C=C/C=N)c1ccccc1O. The van der Waals surface area contributed by atoms with E-state index in [9.17, 15) is 5.11 Å². The van der Waals surface area contributed by atoms with Gasteiger partial charge in [0, 0.05) is 11.8 Å². The van der Waals surface area contributed by atoms with E-state index >= 15 is 0 Å². The first kappa shape index (κ1) is 9.26. The second-order valence-electron chi connectivity index (χ2n) is 2.57. The van der Waals surface area contributed by atoms with Gasteiger partial charge in [0.1, 0.15) is 5.75 Å². The van der Waals surface area contributed by atoms with Gasteiger partial charge in [0.25, 0.3) is 0 Å². The average Bonchev–Trinajstić information content (AvgIpc) is 2.15. The first-order valence-electron chi connectivity index (χ1n) is 3.90. The van der Waals surface area contributed by atoms with Gasteiger partial charge >= 0.3 is 0 Å².